The van der Waals surface area contributed by atoms with E-state index in [2.05, 4.69) is 53.1 Å². The van der Waals surface area contributed by atoms with Crippen LogP contribution in [0.4, 0.5) is 0 Å². The van der Waals surface area contributed by atoms with E-state index in [4.69, 9.17) is 0 Å². The molecule has 5 heteroatoms. The Morgan fingerprint density at radius 3 is 2.66 bits per heavy atom. The molecule has 2 amide bonds. The SMILES string of the molecule is CN(C)C[C@H]1[C@H]2C[C@H](CN(C(=O)CCCc3ccccc3)C2)[C@@H]2CCCC(=O)N21. The van der Waals surface area contributed by atoms with Gasteiger partial charge in [0.15, 0.2) is 0 Å². The number of amides is 2. The van der Waals surface area contributed by atoms with Crippen molar-refractivity contribution in [3.05, 3.63) is 35.9 Å². The minimum Gasteiger partial charge on any atom is -0.342 e. The number of likely N-dealkylation sites (tertiary alicyclic amines) is 1. The fraction of sp³-hybridized carbons (Fsp3) is 0.667. The topological polar surface area (TPSA) is 43.9 Å². The number of carbonyl (C=O) groups is 2. The van der Waals surface area contributed by atoms with Gasteiger partial charge >= 0.3 is 0 Å². The predicted octanol–water partition coefficient (Wildman–Crippen LogP) is 2.80. The summed E-state index contributed by atoms with van der Waals surface area (Å²) < 4.78 is 0. The van der Waals surface area contributed by atoms with Crippen molar-refractivity contribution >= 4 is 11.8 Å². The maximum atomic E-state index is 13.0. The molecular weight excluding hydrogens is 362 g/mol. The van der Waals surface area contributed by atoms with Crippen molar-refractivity contribution in [1.82, 2.24) is 14.7 Å². The zero-order valence-electron chi connectivity index (χ0n) is 17.9. The molecule has 1 aromatic carbocycles. The van der Waals surface area contributed by atoms with Crippen molar-refractivity contribution in [2.75, 3.05) is 33.7 Å². The van der Waals surface area contributed by atoms with E-state index in [1.807, 2.05) is 6.07 Å². The van der Waals surface area contributed by atoms with Gasteiger partial charge in [-0.15, -0.1) is 0 Å². The highest BCUT2D eigenvalue weighted by Gasteiger charge is 2.49. The van der Waals surface area contributed by atoms with Crippen molar-refractivity contribution < 1.29 is 9.59 Å². The van der Waals surface area contributed by atoms with E-state index >= 15 is 0 Å². The zero-order chi connectivity index (χ0) is 20.4. The summed E-state index contributed by atoms with van der Waals surface area (Å²) in [5.41, 5.74) is 1.30. The fourth-order valence-electron chi connectivity index (χ4n) is 5.83. The first kappa shape index (κ1) is 20.4. The van der Waals surface area contributed by atoms with Gasteiger partial charge in [0.1, 0.15) is 0 Å². The number of aryl methyl sites for hydroxylation is 1. The van der Waals surface area contributed by atoms with Gasteiger partial charge in [-0.3, -0.25) is 9.59 Å². The minimum atomic E-state index is 0.249. The van der Waals surface area contributed by atoms with Crippen LogP contribution in [0.1, 0.15) is 44.1 Å². The molecule has 4 atom stereocenters. The first-order chi connectivity index (χ1) is 14.0. The molecule has 3 aliphatic heterocycles. The smallest absolute Gasteiger partial charge is 0.223 e. The Hall–Kier alpha value is -1.88. The Morgan fingerprint density at radius 2 is 1.90 bits per heavy atom. The summed E-state index contributed by atoms with van der Waals surface area (Å²) in [6.45, 7) is 2.55. The van der Waals surface area contributed by atoms with Gasteiger partial charge in [0.2, 0.25) is 11.8 Å². The molecule has 158 valence electrons. The lowest BCUT2D eigenvalue weighted by Crippen LogP contribution is -2.67. The molecule has 3 aliphatic rings. The van der Waals surface area contributed by atoms with E-state index in [0.29, 0.717) is 42.5 Å². The molecule has 3 fully saturated rings. The Labute approximate surface area is 175 Å². The molecule has 0 N–H and O–H groups in total. The van der Waals surface area contributed by atoms with E-state index in [1.165, 1.54) is 12.0 Å². The third kappa shape index (κ3) is 4.50. The molecule has 0 radical (unpaired) electrons. The molecule has 0 saturated carbocycles. The van der Waals surface area contributed by atoms with Crippen molar-refractivity contribution in [2.24, 2.45) is 11.8 Å². The van der Waals surface area contributed by atoms with Crippen LogP contribution in [0.25, 0.3) is 0 Å². The third-order valence-electron chi connectivity index (χ3n) is 7.10. The van der Waals surface area contributed by atoms with E-state index < -0.39 is 0 Å². The monoisotopic (exact) mass is 397 g/mol. The summed E-state index contributed by atoms with van der Waals surface area (Å²) in [6.07, 6.45) is 6.46. The molecule has 3 saturated heterocycles. The summed E-state index contributed by atoms with van der Waals surface area (Å²) in [6, 6.07) is 11.0. The van der Waals surface area contributed by atoms with Gasteiger partial charge in [-0.05, 0) is 63.6 Å². The predicted molar refractivity (Wildman–Crippen MR) is 114 cm³/mol. The molecule has 3 heterocycles. The fourth-order valence-corrected chi connectivity index (χ4v) is 5.83. The normalized spacial score (nSPS) is 29.1. The number of hydrogen-bond acceptors (Lipinski definition) is 3. The summed E-state index contributed by atoms with van der Waals surface area (Å²) in [7, 11) is 4.18. The van der Waals surface area contributed by atoms with Gasteiger partial charge in [-0.2, -0.15) is 0 Å². The molecular formula is C24H35N3O2. The number of likely N-dealkylation sites (N-methyl/N-ethyl adjacent to an activating group) is 1. The lowest BCUT2D eigenvalue weighted by atomic mass is 9.72. The van der Waals surface area contributed by atoms with Crippen LogP contribution in [-0.4, -0.2) is 72.3 Å². The standard InChI is InChI=1S/C24H35N3O2/c1-25(2)17-22-20-14-19(21-11-7-13-24(29)27(21)22)15-26(16-20)23(28)12-6-10-18-8-4-3-5-9-18/h3-5,8-9,19-22H,6-7,10-17H2,1-2H3/t19-,20+,21+,22+/m1/s1. The molecule has 0 aromatic heterocycles. The second-order valence-corrected chi connectivity index (χ2v) is 9.48. The highest BCUT2D eigenvalue weighted by molar-refractivity contribution is 5.78. The number of fused-ring (bicyclic) bond motifs is 4. The maximum absolute atomic E-state index is 13.0. The van der Waals surface area contributed by atoms with Gasteiger partial charge in [-0.25, -0.2) is 0 Å². The number of carbonyl (C=O) groups excluding carboxylic acids is 2. The molecule has 0 spiro atoms. The van der Waals surface area contributed by atoms with Gasteiger partial charge in [0.25, 0.3) is 0 Å². The number of nitrogens with zero attached hydrogens (tertiary/aromatic N) is 3. The van der Waals surface area contributed by atoms with Gasteiger partial charge in [-0.1, -0.05) is 30.3 Å². The molecule has 5 nitrogen and oxygen atoms in total. The second kappa shape index (κ2) is 8.86. The lowest BCUT2D eigenvalue weighted by molar-refractivity contribution is -0.157. The van der Waals surface area contributed by atoms with E-state index in [0.717, 1.165) is 45.3 Å². The largest absolute Gasteiger partial charge is 0.342 e. The highest BCUT2D eigenvalue weighted by atomic mass is 16.2. The lowest BCUT2D eigenvalue weighted by Gasteiger charge is -2.57. The summed E-state index contributed by atoms with van der Waals surface area (Å²) in [5, 5.41) is 0. The number of rotatable bonds is 6. The molecule has 2 bridgehead atoms. The van der Waals surface area contributed by atoms with Crippen LogP contribution in [-0.2, 0) is 16.0 Å². The Bertz CT molecular complexity index is 720. The van der Waals surface area contributed by atoms with Crippen molar-refractivity contribution in [3.63, 3.8) is 0 Å². The first-order valence-electron chi connectivity index (χ1n) is 11.3. The Balaban J connectivity index is 1.41. The molecule has 4 rings (SSSR count). The van der Waals surface area contributed by atoms with Crippen LogP contribution < -0.4 is 0 Å². The van der Waals surface area contributed by atoms with E-state index in [-0.39, 0.29) is 6.04 Å². The number of benzene rings is 1. The van der Waals surface area contributed by atoms with Crippen LogP contribution in [0.5, 0.6) is 0 Å². The van der Waals surface area contributed by atoms with E-state index in [9.17, 15) is 9.59 Å². The second-order valence-electron chi connectivity index (χ2n) is 9.48. The number of hydrogen-bond donors (Lipinski definition) is 0. The zero-order valence-corrected chi connectivity index (χ0v) is 17.9. The van der Waals surface area contributed by atoms with Gasteiger partial charge in [0.05, 0.1) is 0 Å². The quantitative estimate of drug-likeness (QED) is 0.741. The van der Waals surface area contributed by atoms with E-state index in [1.54, 1.807) is 0 Å². The minimum absolute atomic E-state index is 0.249. The third-order valence-corrected chi connectivity index (χ3v) is 7.10. The summed E-state index contributed by atoms with van der Waals surface area (Å²) in [4.78, 5) is 32.3. The van der Waals surface area contributed by atoms with Gasteiger partial charge in [0, 0.05) is 44.6 Å². The van der Waals surface area contributed by atoms with Crippen molar-refractivity contribution in [2.45, 2.75) is 57.0 Å². The highest BCUT2D eigenvalue weighted by Crippen LogP contribution is 2.41. The van der Waals surface area contributed by atoms with Crippen LogP contribution >= 0.6 is 0 Å². The average molecular weight is 398 g/mol. The summed E-state index contributed by atoms with van der Waals surface area (Å²) >= 11 is 0. The number of piperidine rings is 3. The van der Waals surface area contributed by atoms with Crippen LogP contribution in [0.2, 0.25) is 0 Å². The van der Waals surface area contributed by atoms with Crippen LogP contribution in [0.3, 0.4) is 0 Å². The van der Waals surface area contributed by atoms with Gasteiger partial charge < -0.3 is 14.7 Å². The maximum Gasteiger partial charge on any atom is 0.223 e. The molecule has 1 aromatic rings. The van der Waals surface area contributed by atoms with Crippen molar-refractivity contribution in [1.29, 1.82) is 0 Å². The van der Waals surface area contributed by atoms with Crippen LogP contribution in [0, 0.1) is 11.8 Å². The average Bonchev–Trinajstić information content (AvgIpc) is 2.71. The first-order valence-corrected chi connectivity index (χ1v) is 11.3. The molecule has 29 heavy (non-hydrogen) atoms. The van der Waals surface area contributed by atoms with Crippen LogP contribution in [0.15, 0.2) is 30.3 Å². The summed E-state index contributed by atoms with van der Waals surface area (Å²) in [5.74, 6) is 1.50. The Kier molecular flexibility index (Phi) is 6.23. The van der Waals surface area contributed by atoms with Crippen molar-refractivity contribution in [3.8, 4) is 0 Å². The molecule has 0 aliphatic carbocycles. The Morgan fingerprint density at radius 1 is 1.14 bits per heavy atom. The molecule has 0 unspecified atom stereocenters.